The molecule has 0 aliphatic carbocycles. The van der Waals surface area contributed by atoms with Crippen LogP contribution in [0.4, 0.5) is 0 Å². The van der Waals surface area contributed by atoms with E-state index < -0.39 is 12.1 Å². The Hall–Kier alpha value is -3.93. The lowest BCUT2D eigenvalue weighted by Crippen LogP contribution is -2.22. The van der Waals surface area contributed by atoms with Gasteiger partial charge >= 0.3 is 5.97 Å². The molecule has 33 heavy (non-hydrogen) atoms. The van der Waals surface area contributed by atoms with Crippen molar-refractivity contribution in [3.63, 3.8) is 0 Å². The molecule has 3 rings (SSSR count). The molecule has 0 aliphatic rings. The number of carboxylic acids is 1. The molecular formula is C27H28N2O4. The molecule has 1 aromatic carbocycles. The topological polar surface area (TPSA) is 81.4 Å². The number of ether oxygens (including phenoxy) is 1. The third-order valence-corrected chi connectivity index (χ3v) is 5.32. The van der Waals surface area contributed by atoms with Crippen molar-refractivity contribution >= 4 is 22.8 Å². The van der Waals surface area contributed by atoms with Gasteiger partial charge in [0.1, 0.15) is 11.4 Å². The number of fused-ring (bicyclic) bond motifs is 1. The van der Waals surface area contributed by atoms with Crippen molar-refractivity contribution in [2.75, 3.05) is 0 Å². The van der Waals surface area contributed by atoms with Gasteiger partial charge in [0.05, 0.1) is 0 Å². The highest BCUT2D eigenvalue weighted by molar-refractivity contribution is 6.17. The number of hydrogen-bond donors (Lipinski definition) is 1. The number of carboxylic acid groups (broad SMARTS) is 1. The second-order valence-electron chi connectivity index (χ2n) is 7.71. The first-order chi connectivity index (χ1) is 15.8. The Morgan fingerprint density at radius 1 is 1.24 bits per heavy atom. The van der Waals surface area contributed by atoms with E-state index in [0.29, 0.717) is 29.1 Å². The lowest BCUT2D eigenvalue weighted by Gasteiger charge is -2.12. The highest BCUT2D eigenvalue weighted by Gasteiger charge is 2.18. The summed E-state index contributed by atoms with van der Waals surface area (Å²) in [6.07, 6.45) is 8.86. The largest absolute Gasteiger partial charge is 0.479 e. The van der Waals surface area contributed by atoms with E-state index in [1.165, 1.54) is 6.92 Å². The van der Waals surface area contributed by atoms with Crippen molar-refractivity contribution in [3.05, 3.63) is 95.9 Å². The summed E-state index contributed by atoms with van der Waals surface area (Å²) < 4.78 is 7.41. The monoisotopic (exact) mass is 444 g/mol. The molecule has 170 valence electrons. The first kappa shape index (κ1) is 23.7. The van der Waals surface area contributed by atoms with E-state index in [9.17, 15) is 9.59 Å². The number of pyridine rings is 1. The smallest absolute Gasteiger partial charge is 0.344 e. The van der Waals surface area contributed by atoms with E-state index in [2.05, 4.69) is 11.6 Å². The van der Waals surface area contributed by atoms with Gasteiger partial charge in [0.15, 0.2) is 11.9 Å². The Kier molecular flexibility index (Phi) is 7.61. The van der Waals surface area contributed by atoms with E-state index in [0.717, 1.165) is 22.9 Å². The number of benzene rings is 1. The average Bonchev–Trinajstić information content (AvgIpc) is 3.17. The number of ketones is 1. The molecule has 0 radical (unpaired) electrons. The Morgan fingerprint density at radius 3 is 2.73 bits per heavy atom. The van der Waals surface area contributed by atoms with E-state index in [1.807, 2.05) is 55.0 Å². The Bertz CT molecular complexity index is 1250. The molecular weight excluding hydrogens is 416 g/mol. The average molecular weight is 445 g/mol. The van der Waals surface area contributed by atoms with Crippen LogP contribution in [0.15, 0.2) is 84.7 Å². The zero-order valence-corrected chi connectivity index (χ0v) is 19.1. The SMILES string of the molecule is C=C(/C=C\C(=C/C)C(=O)c1cn(Cc2cccc(OC(C)C(=O)O)c2)c2ncccc12)CC. The maximum atomic E-state index is 13.3. The minimum absolute atomic E-state index is 0.0817. The maximum absolute atomic E-state index is 13.3. The number of carbonyl (C=O) groups excluding carboxylic acids is 1. The van der Waals surface area contributed by atoms with Crippen LogP contribution < -0.4 is 4.74 Å². The van der Waals surface area contributed by atoms with Crippen LogP contribution in [-0.4, -0.2) is 32.5 Å². The molecule has 0 bridgehead atoms. The van der Waals surface area contributed by atoms with E-state index in [1.54, 1.807) is 30.5 Å². The van der Waals surface area contributed by atoms with E-state index >= 15 is 0 Å². The summed E-state index contributed by atoms with van der Waals surface area (Å²) in [6, 6.07) is 11.0. The summed E-state index contributed by atoms with van der Waals surface area (Å²) in [4.78, 5) is 28.9. The van der Waals surface area contributed by atoms with Crippen LogP contribution in [0.1, 0.15) is 43.1 Å². The van der Waals surface area contributed by atoms with Crippen molar-refractivity contribution in [3.8, 4) is 5.75 Å². The molecule has 0 amide bonds. The molecule has 3 aromatic rings. The van der Waals surface area contributed by atoms with Crippen molar-refractivity contribution in [1.29, 1.82) is 0 Å². The highest BCUT2D eigenvalue weighted by Crippen LogP contribution is 2.25. The Labute approximate surface area is 193 Å². The van der Waals surface area contributed by atoms with Crippen molar-refractivity contribution in [2.24, 2.45) is 0 Å². The van der Waals surface area contributed by atoms with Crippen LogP contribution in [-0.2, 0) is 11.3 Å². The minimum atomic E-state index is -1.03. The van der Waals surface area contributed by atoms with Gasteiger partial charge in [-0.05, 0) is 50.1 Å². The van der Waals surface area contributed by atoms with Crippen LogP contribution in [0, 0.1) is 0 Å². The quantitative estimate of drug-likeness (QED) is 0.250. The van der Waals surface area contributed by atoms with Gasteiger partial charge in [-0.1, -0.05) is 49.4 Å². The highest BCUT2D eigenvalue weighted by atomic mass is 16.5. The zero-order valence-electron chi connectivity index (χ0n) is 19.1. The summed E-state index contributed by atoms with van der Waals surface area (Å²) in [5.74, 6) is -0.636. The fourth-order valence-corrected chi connectivity index (χ4v) is 3.38. The fraction of sp³-hybridized carbons (Fsp3) is 0.222. The minimum Gasteiger partial charge on any atom is -0.479 e. The molecule has 0 saturated carbocycles. The van der Waals surface area contributed by atoms with Gasteiger partial charge in [-0.15, -0.1) is 0 Å². The number of hydrogen-bond acceptors (Lipinski definition) is 4. The molecule has 0 saturated heterocycles. The number of allylic oxidation sites excluding steroid dienone is 5. The number of nitrogens with zero attached hydrogens (tertiary/aromatic N) is 2. The third-order valence-electron chi connectivity index (χ3n) is 5.32. The number of aliphatic carboxylic acids is 1. The van der Waals surface area contributed by atoms with Gasteiger partial charge in [-0.3, -0.25) is 4.79 Å². The van der Waals surface area contributed by atoms with Gasteiger partial charge < -0.3 is 14.4 Å². The third kappa shape index (κ3) is 5.66. The normalized spacial score (nSPS) is 12.8. The first-order valence-electron chi connectivity index (χ1n) is 10.8. The number of rotatable bonds is 10. The van der Waals surface area contributed by atoms with Crippen LogP contribution in [0.3, 0.4) is 0 Å². The summed E-state index contributed by atoms with van der Waals surface area (Å²) in [5.41, 5.74) is 3.71. The number of carbonyl (C=O) groups is 2. The lowest BCUT2D eigenvalue weighted by molar-refractivity contribution is -0.144. The predicted molar refractivity (Wildman–Crippen MR) is 130 cm³/mol. The summed E-state index contributed by atoms with van der Waals surface area (Å²) in [7, 11) is 0. The fourth-order valence-electron chi connectivity index (χ4n) is 3.38. The van der Waals surface area contributed by atoms with E-state index in [-0.39, 0.29) is 5.78 Å². The van der Waals surface area contributed by atoms with Gasteiger partial charge in [-0.2, -0.15) is 0 Å². The molecule has 0 fully saturated rings. The standard InChI is InChI=1S/C27H28N2O4/c1-5-18(3)12-13-21(6-2)25(30)24-17-29(26-23(24)11-8-14-28-26)16-20-9-7-10-22(15-20)33-19(4)27(31)32/h6-15,17,19H,3,5,16H2,1-2,4H3,(H,31,32)/b13-12-,21-6+. The molecule has 1 unspecified atom stereocenters. The first-order valence-corrected chi connectivity index (χ1v) is 10.8. The Balaban J connectivity index is 1.94. The van der Waals surface area contributed by atoms with Gasteiger partial charge in [0, 0.05) is 35.5 Å². The molecule has 6 nitrogen and oxygen atoms in total. The molecule has 1 atom stereocenters. The van der Waals surface area contributed by atoms with E-state index in [4.69, 9.17) is 9.84 Å². The molecule has 0 spiro atoms. The van der Waals surface area contributed by atoms with Crippen molar-refractivity contribution < 1.29 is 19.4 Å². The summed E-state index contributed by atoms with van der Waals surface area (Å²) in [6.45, 7) is 9.76. The van der Waals surface area contributed by atoms with Crippen LogP contribution >= 0.6 is 0 Å². The second kappa shape index (κ2) is 10.6. The van der Waals surface area contributed by atoms with Gasteiger partial charge in [0.25, 0.3) is 0 Å². The molecule has 1 N–H and O–H groups in total. The number of aromatic nitrogens is 2. The summed E-state index contributed by atoms with van der Waals surface area (Å²) in [5, 5.41) is 9.86. The molecule has 2 heterocycles. The second-order valence-corrected chi connectivity index (χ2v) is 7.71. The maximum Gasteiger partial charge on any atom is 0.344 e. The van der Waals surface area contributed by atoms with Crippen LogP contribution in [0.25, 0.3) is 11.0 Å². The molecule has 0 aliphatic heterocycles. The van der Waals surface area contributed by atoms with Crippen molar-refractivity contribution in [1.82, 2.24) is 9.55 Å². The van der Waals surface area contributed by atoms with Gasteiger partial charge in [-0.25, -0.2) is 9.78 Å². The Morgan fingerprint density at radius 2 is 2.03 bits per heavy atom. The van der Waals surface area contributed by atoms with Gasteiger partial charge in [0.2, 0.25) is 0 Å². The number of Topliss-reactive ketones (excluding diaryl/α,β-unsaturated/α-hetero) is 1. The predicted octanol–water partition coefficient (Wildman–Crippen LogP) is 5.59. The zero-order chi connectivity index (χ0) is 24.0. The van der Waals surface area contributed by atoms with Crippen molar-refractivity contribution in [2.45, 2.75) is 39.8 Å². The lowest BCUT2D eigenvalue weighted by atomic mass is 10.0. The summed E-state index contributed by atoms with van der Waals surface area (Å²) >= 11 is 0. The molecule has 6 heteroatoms. The van der Waals surface area contributed by atoms with Crippen LogP contribution in [0.2, 0.25) is 0 Å². The molecule has 2 aromatic heterocycles. The van der Waals surface area contributed by atoms with Crippen LogP contribution in [0.5, 0.6) is 5.75 Å².